The van der Waals surface area contributed by atoms with Crippen LogP contribution in [0.1, 0.15) is 31.5 Å². The summed E-state index contributed by atoms with van der Waals surface area (Å²) in [5, 5.41) is 11.4. The first kappa shape index (κ1) is 16.7. The fraction of sp³-hybridized carbons (Fsp3) is 0.538. The molecule has 8 nitrogen and oxygen atoms in total. The number of hydrogen-bond acceptors (Lipinski definition) is 4. The maximum absolute atomic E-state index is 11.8. The molecule has 0 radical (unpaired) electrons. The van der Waals surface area contributed by atoms with Crippen LogP contribution in [-0.2, 0) is 16.0 Å². The Morgan fingerprint density at radius 2 is 1.86 bits per heavy atom. The number of carbonyl (C=O) groups is 2. The minimum Gasteiger partial charge on any atom is -0.480 e. The number of hydrogen-bond donors (Lipinski definition) is 4. The van der Waals surface area contributed by atoms with Gasteiger partial charge in [-0.05, 0) is 19.3 Å². The van der Waals surface area contributed by atoms with E-state index in [0.29, 0.717) is 11.3 Å². The van der Waals surface area contributed by atoms with E-state index < -0.39 is 29.2 Å². The lowest BCUT2D eigenvalue weighted by atomic mass is 10.0. The molecule has 0 aliphatic carbocycles. The van der Waals surface area contributed by atoms with Gasteiger partial charge in [-0.1, -0.05) is 13.8 Å². The number of amides is 1. The first-order valence-electron chi connectivity index (χ1n) is 6.56. The molecule has 1 heterocycles. The van der Waals surface area contributed by atoms with Crippen molar-refractivity contribution in [1.29, 1.82) is 0 Å². The van der Waals surface area contributed by atoms with Gasteiger partial charge in [0.25, 0.3) is 5.56 Å². The molecule has 0 aromatic carbocycles. The van der Waals surface area contributed by atoms with E-state index >= 15 is 0 Å². The fourth-order valence-electron chi connectivity index (χ4n) is 1.92. The van der Waals surface area contributed by atoms with Gasteiger partial charge < -0.3 is 15.4 Å². The number of carboxylic acid groups (broad SMARTS) is 1. The summed E-state index contributed by atoms with van der Waals surface area (Å²) < 4.78 is 0. The van der Waals surface area contributed by atoms with Crippen LogP contribution in [0.3, 0.4) is 0 Å². The van der Waals surface area contributed by atoms with E-state index in [9.17, 15) is 19.2 Å². The zero-order chi connectivity index (χ0) is 16.2. The normalized spacial score (nSPS) is 12.2. The number of nitrogens with one attached hydrogen (secondary N) is 3. The van der Waals surface area contributed by atoms with Gasteiger partial charge in [-0.15, -0.1) is 0 Å². The molecule has 0 aliphatic rings. The number of aryl methyl sites for hydroxylation is 1. The van der Waals surface area contributed by atoms with Crippen molar-refractivity contribution >= 4 is 11.9 Å². The second-order valence-electron chi connectivity index (χ2n) is 5.14. The lowest BCUT2D eigenvalue weighted by Crippen LogP contribution is -2.44. The lowest BCUT2D eigenvalue weighted by molar-refractivity contribution is -0.143. The Labute approximate surface area is 120 Å². The van der Waals surface area contributed by atoms with Crippen LogP contribution in [0.15, 0.2) is 9.59 Å². The molecule has 116 valence electrons. The quantitative estimate of drug-likeness (QED) is 0.563. The molecule has 1 rings (SSSR count). The number of carboxylic acids is 1. The summed E-state index contributed by atoms with van der Waals surface area (Å²) in [5.74, 6) is -1.80. The largest absolute Gasteiger partial charge is 0.480 e. The maximum Gasteiger partial charge on any atom is 0.326 e. The van der Waals surface area contributed by atoms with Crippen molar-refractivity contribution < 1.29 is 14.7 Å². The first-order chi connectivity index (χ1) is 9.72. The van der Waals surface area contributed by atoms with E-state index in [1.165, 1.54) is 0 Å². The van der Waals surface area contributed by atoms with E-state index in [1.54, 1.807) is 20.8 Å². The highest BCUT2D eigenvalue weighted by molar-refractivity contribution is 5.83. The van der Waals surface area contributed by atoms with E-state index in [-0.39, 0.29) is 18.8 Å². The molecule has 0 saturated carbocycles. The molecule has 1 aromatic heterocycles. The van der Waals surface area contributed by atoms with Crippen LogP contribution in [0.5, 0.6) is 0 Å². The molecule has 0 aliphatic heterocycles. The van der Waals surface area contributed by atoms with E-state index in [0.717, 1.165) is 0 Å². The highest BCUT2D eigenvalue weighted by Crippen LogP contribution is 2.04. The Hall–Kier alpha value is -2.38. The summed E-state index contributed by atoms with van der Waals surface area (Å²) in [6.07, 6.45) is 0.0840. The second-order valence-corrected chi connectivity index (χ2v) is 5.14. The van der Waals surface area contributed by atoms with Crippen molar-refractivity contribution in [3.8, 4) is 0 Å². The standard InChI is InChI=1S/C13H19N3O5/c1-6(2)10(12(19)20)15-9(17)5-4-8-7(3)14-13(21)16-11(8)18/h6,10H,4-5H2,1-3H3,(H,15,17)(H,19,20)(H2,14,16,18,21). The summed E-state index contributed by atoms with van der Waals surface area (Å²) in [7, 11) is 0. The van der Waals surface area contributed by atoms with Crippen molar-refractivity contribution in [1.82, 2.24) is 15.3 Å². The van der Waals surface area contributed by atoms with Gasteiger partial charge in [0.05, 0.1) is 0 Å². The summed E-state index contributed by atoms with van der Waals surface area (Å²) in [4.78, 5) is 49.9. The average Bonchev–Trinajstić information content (AvgIpc) is 2.33. The molecule has 0 fully saturated rings. The number of aromatic amines is 2. The van der Waals surface area contributed by atoms with Crippen molar-refractivity contribution in [2.75, 3.05) is 0 Å². The molecule has 0 spiro atoms. The predicted octanol–water partition coefficient (Wildman–Crippen LogP) is -0.470. The minimum absolute atomic E-state index is 0.0353. The SMILES string of the molecule is Cc1[nH]c(=O)[nH]c(=O)c1CCC(=O)NC(C(=O)O)C(C)C. The fourth-order valence-corrected chi connectivity index (χ4v) is 1.92. The monoisotopic (exact) mass is 297 g/mol. The molecular formula is C13H19N3O5. The van der Waals surface area contributed by atoms with Gasteiger partial charge in [-0.25, -0.2) is 9.59 Å². The number of aliphatic carboxylic acids is 1. The van der Waals surface area contributed by atoms with Gasteiger partial charge in [-0.3, -0.25) is 14.6 Å². The summed E-state index contributed by atoms with van der Waals surface area (Å²) in [5.41, 5.74) is -0.435. The van der Waals surface area contributed by atoms with Crippen molar-refractivity contribution in [3.63, 3.8) is 0 Å². The Morgan fingerprint density at radius 1 is 1.24 bits per heavy atom. The van der Waals surface area contributed by atoms with Crippen molar-refractivity contribution in [3.05, 3.63) is 32.1 Å². The third-order valence-electron chi connectivity index (χ3n) is 3.11. The molecule has 1 unspecified atom stereocenters. The number of aromatic nitrogens is 2. The van der Waals surface area contributed by atoms with Crippen LogP contribution in [-0.4, -0.2) is 33.0 Å². The van der Waals surface area contributed by atoms with E-state index in [4.69, 9.17) is 5.11 Å². The average molecular weight is 297 g/mol. The predicted molar refractivity (Wildman–Crippen MR) is 75.1 cm³/mol. The van der Waals surface area contributed by atoms with E-state index in [2.05, 4.69) is 15.3 Å². The van der Waals surface area contributed by atoms with Crippen LogP contribution in [0.4, 0.5) is 0 Å². The third kappa shape index (κ3) is 4.59. The molecule has 0 saturated heterocycles. The smallest absolute Gasteiger partial charge is 0.326 e. The van der Waals surface area contributed by atoms with Crippen molar-refractivity contribution in [2.24, 2.45) is 5.92 Å². The molecule has 21 heavy (non-hydrogen) atoms. The Kier molecular flexibility index (Phi) is 5.45. The molecule has 1 aromatic rings. The summed E-state index contributed by atoms with van der Waals surface area (Å²) in [6.45, 7) is 4.95. The molecule has 1 amide bonds. The van der Waals surface area contributed by atoms with Crippen molar-refractivity contribution in [2.45, 2.75) is 39.7 Å². The van der Waals surface area contributed by atoms with Gasteiger partial charge >= 0.3 is 11.7 Å². The minimum atomic E-state index is -1.10. The van der Waals surface area contributed by atoms with Gasteiger partial charge in [0.2, 0.25) is 5.91 Å². The van der Waals surface area contributed by atoms with Gasteiger partial charge in [0.1, 0.15) is 6.04 Å². The zero-order valence-electron chi connectivity index (χ0n) is 12.1. The molecule has 4 N–H and O–H groups in total. The van der Waals surface area contributed by atoms with Crippen LogP contribution < -0.4 is 16.6 Å². The van der Waals surface area contributed by atoms with Crippen LogP contribution in [0, 0.1) is 12.8 Å². The Balaban J connectivity index is 2.72. The van der Waals surface area contributed by atoms with Crippen LogP contribution in [0.25, 0.3) is 0 Å². The first-order valence-corrected chi connectivity index (χ1v) is 6.56. The lowest BCUT2D eigenvalue weighted by Gasteiger charge is -2.17. The second kappa shape index (κ2) is 6.87. The number of H-pyrrole nitrogens is 2. The molecule has 8 heteroatoms. The van der Waals surface area contributed by atoms with Crippen LogP contribution >= 0.6 is 0 Å². The summed E-state index contributed by atoms with van der Waals surface area (Å²) >= 11 is 0. The topological polar surface area (TPSA) is 132 Å². The van der Waals surface area contributed by atoms with Gasteiger partial charge in [0, 0.05) is 17.7 Å². The van der Waals surface area contributed by atoms with Gasteiger partial charge in [-0.2, -0.15) is 0 Å². The molecule has 0 bridgehead atoms. The highest BCUT2D eigenvalue weighted by Gasteiger charge is 2.23. The third-order valence-corrected chi connectivity index (χ3v) is 3.11. The molecule has 1 atom stereocenters. The van der Waals surface area contributed by atoms with Gasteiger partial charge in [0.15, 0.2) is 0 Å². The Morgan fingerprint density at radius 3 is 2.33 bits per heavy atom. The van der Waals surface area contributed by atoms with Crippen LogP contribution in [0.2, 0.25) is 0 Å². The Bertz CT molecular complexity index is 644. The van der Waals surface area contributed by atoms with E-state index in [1.807, 2.05) is 0 Å². The molecular weight excluding hydrogens is 278 g/mol. The highest BCUT2D eigenvalue weighted by atomic mass is 16.4. The summed E-state index contributed by atoms with van der Waals surface area (Å²) in [6, 6.07) is -0.965. The number of rotatable bonds is 6. The number of carbonyl (C=O) groups excluding carboxylic acids is 1. The zero-order valence-corrected chi connectivity index (χ0v) is 12.1. The maximum atomic E-state index is 11.8.